The molecule has 3 aromatic rings. The number of amides is 2. The van der Waals surface area contributed by atoms with E-state index in [0.717, 1.165) is 16.7 Å². The standard InChI is InChI=1S/C27H31N3O4S/c1-18(2)30(5)27(32)23-11-9-21(10-12-23)17-28-26(31)22-13-15-24(16-14-22)35(33,34)29-25-8-6-7-19(3)20(25)4/h6-16,18,29H,17H2,1-5H3,(H,28,31). The highest BCUT2D eigenvalue weighted by molar-refractivity contribution is 7.92. The summed E-state index contributed by atoms with van der Waals surface area (Å²) in [5.74, 6) is -0.381. The van der Waals surface area contributed by atoms with E-state index in [4.69, 9.17) is 0 Å². The normalized spacial score (nSPS) is 11.3. The second-order valence-electron chi connectivity index (χ2n) is 8.77. The number of rotatable bonds is 8. The second kappa shape index (κ2) is 10.7. The number of hydrogen-bond donors (Lipinski definition) is 2. The van der Waals surface area contributed by atoms with Crippen LogP contribution in [0.4, 0.5) is 5.69 Å². The van der Waals surface area contributed by atoms with Crippen LogP contribution in [0.25, 0.3) is 0 Å². The number of hydrogen-bond acceptors (Lipinski definition) is 4. The Balaban J connectivity index is 1.62. The van der Waals surface area contributed by atoms with Crippen LogP contribution in [0.3, 0.4) is 0 Å². The van der Waals surface area contributed by atoms with Crippen molar-refractivity contribution in [1.29, 1.82) is 0 Å². The lowest BCUT2D eigenvalue weighted by Crippen LogP contribution is -2.32. The molecule has 0 aliphatic carbocycles. The van der Waals surface area contributed by atoms with Gasteiger partial charge in [0.2, 0.25) is 0 Å². The van der Waals surface area contributed by atoms with Gasteiger partial charge in [0, 0.05) is 30.8 Å². The molecule has 0 aliphatic rings. The van der Waals surface area contributed by atoms with Crippen LogP contribution in [0.5, 0.6) is 0 Å². The van der Waals surface area contributed by atoms with Crippen LogP contribution in [0, 0.1) is 13.8 Å². The fourth-order valence-corrected chi connectivity index (χ4v) is 4.46. The van der Waals surface area contributed by atoms with Crippen molar-refractivity contribution in [3.8, 4) is 0 Å². The van der Waals surface area contributed by atoms with E-state index < -0.39 is 10.0 Å². The van der Waals surface area contributed by atoms with Gasteiger partial charge in [0.1, 0.15) is 0 Å². The second-order valence-corrected chi connectivity index (χ2v) is 10.4. The van der Waals surface area contributed by atoms with Crippen molar-refractivity contribution in [3.05, 3.63) is 94.5 Å². The molecule has 0 saturated heterocycles. The average molecular weight is 494 g/mol. The Bertz CT molecular complexity index is 1320. The Kier molecular flexibility index (Phi) is 7.96. The average Bonchev–Trinajstić information content (AvgIpc) is 2.84. The van der Waals surface area contributed by atoms with Crippen LogP contribution in [0.15, 0.2) is 71.6 Å². The van der Waals surface area contributed by atoms with E-state index in [1.54, 1.807) is 48.3 Å². The summed E-state index contributed by atoms with van der Waals surface area (Å²) in [6.07, 6.45) is 0. The molecule has 0 aliphatic heterocycles. The van der Waals surface area contributed by atoms with Gasteiger partial charge in [-0.1, -0.05) is 24.3 Å². The fourth-order valence-electron chi connectivity index (χ4n) is 3.34. The zero-order chi connectivity index (χ0) is 25.8. The lowest BCUT2D eigenvalue weighted by atomic mass is 10.1. The van der Waals surface area contributed by atoms with E-state index >= 15 is 0 Å². The summed E-state index contributed by atoms with van der Waals surface area (Å²) in [4.78, 5) is 26.7. The molecule has 3 rings (SSSR count). The van der Waals surface area contributed by atoms with Gasteiger partial charge in [-0.25, -0.2) is 8.42 Å². The number of anilines is 1. The van der Waals surface area contributed by atoms with Crippen molar-refractivity contribution in [2.75, 3.05) is 11.8 Å². The maximum Gasteiger partial charge on any atom is 0.261 e. The Hall–Kier alpha value is -3.65. The van der Waals surface area contributed by atoms with E-state index in [1.165, 1.54) is 24.3 Å². The molecule has 184 valence electrons. The summed E-state index contributed by atoms with van der Waals surface area (Å²) in [5, 5.41) is 2.82. The summed E-state index contributed by atoms with van der Waals surface area (Å²) in [6, 6.07) is 18.4. The molecular weight excluding hydrogens is 462 g/mol. The van der Waals surface area contributed by atoms with Crippen molar-refractivity contribution in [2.45, 2.75) is 45.2 Å². The number of carbonyl (C=O) groups is 2. The van der Waals surface area contributed by atoms with Crippen LogP contribution in [0.1, 0.15) is 51.3 Å². The number of carbonyl (C=O) groups excluding carboxylic acids is 2. The van der Waals surface area contributed by atoms with E-state index in [2.05, 4.69) is 10.0 Å². The molecule has 0 bridgehead atoms. The molecule has 0 saturated carbocycles. The van der Waals surface area contributed by atoms with Crippen molar-refractivity contribution in [2.24, 2.45) is 0 Å². The van der Waals surface area contributed by atoms with Crippen LogP contribution in [0.2, 0.25) is 0 Å². The molecule has 0 fully saturated rings. The van der Waals surface area contributed by atoms with Crippen molar-refractivity contribution < 1.29 is 18.0 Å². The van der Waals surface area contributed by atoms with Crippen molar-refractivity contribution in [3.63, 3.8) is 0 Å². The van der Waals surface area contributed by atoms with Gasteiger partial charge in [-0.3, -0.25) is 14.3 Å². The lowest BCUT2D eigenvalue weighted by molar-refractivity contribution is 0.0754. The zero-order valence-corrected chi connectivity index (χ0v) is 21.4. The van der Waals surface area contributed by atoms with Gasteiger partial charge in [0.15, 0.2) is 0 Å². The Morgan fingerprint density at radius 1 is 0.886 bits per heavy atom. The van der Waals surface area contributed by atoms with Gasteiger partial charge >= 0.3 is 0 Å². The molecule has 7 nitrogen and oxygen atoms in total. The van der Waals surface area contributed by atoms with Gasteiger partial charge < -0.3 is 10.2 Å². The first kappa shape index (κ1) is 26.0. The maximum atomic E-state index is 12.8. The Morgan fingerprint density at radius 3 is 2.09 bits per heavy atom. The molecule has 2 amide bonds. The highest BCUT2D eigenvalue weighted by Crippen LogP contribution is 2.22. The molecule has 0 aromatic heterocycles. The summed E-state index contributed by atoms with van der Waals surface area (Å²) >= 11 is 0. The predicted octanol–water partition coefficient (Wildman–Crippen LogP) is 4.51. The van der Waals surface area contributed by atoms with Crippen LogP contribution in [-0.4, -0.2) is 38.2 Å². The van der Waals surface area contributed by atoms with Gasteiger partial charge in [0.25, 0.3) is 21.8 Å². The highest BCUT2D eigenvalue weighted by Gasteiger charge is 2.17. The van der Waals surface area contributed by atoms with Gasteiger partial charge in [-0.2, -0.15) is 0 Å². The molecule has 3 aromatic carbocycles. The molecule has 8 heteroatoms. The summed E-state index contributed by atoms with van der Waals surface area (Å²) < 4.78 is 28.2. The van der Waals surface area contributed by atoms with E-state index in [9.17, 15) is 18.0 Å². The van der Waals surface area contributed by atoms with Crippen LogP contribution in [-0.2, 0) is 16.6 Å². The fraction of sp³-hybridized carbons (Fsp3) is 0.259. The van der Waals surface area contributed by atoms with Gasteiger partial charge in [-0.05, 0) is 86.8 Å². The first-order valence-electron chi connectivity index (χ1n) is 11.3. The largest absolute Gasteiger partial charge is 0.348 e. The monoisotopic (exact) mass is 493 g/mol. The number of nitrogens with one attached hydrogen (secondary N) is 2. The molecule has 0 atom stereocenters. The topological polar surface area (TPSA) is 95.6 Å². The van der Waals surface area contributed by atoms with Gasteiger partial charge in [-0.15, -0.1) is 0 Å². The molecule has 0 radical (unpaired) electrons. The number of aryl methyl sites for hydroxylation is 1. The Morgan fingerprint density at radius 2 is 1.49 bits per heavy atom. The maximum absolute atomic E-state index is 12.8. The third-order valence-corrected chi connectivity index (χ3v) is 7.41. The minimum absolute atomic E-state index is 0.0577. The summed E-state index contributed by atoms with van der Waals surface area (Å²) in [7, 11) is -2.02. The zero-order valence-electron chi connectivity index (χ0n) is 20.6. The molecule has 0 heterocycles. The molecule has 0 unspecified atom stereocenters. The van der Waals surface area contributed by atoms with Crippen LogP contribution < -0.4 is 10.0 Å². The summed E-state index contributed by atoms with van der Waals surface area (Å²) in [6.45, 7) is 7.95. The van der Waals surface area contributed by atoms with Crippen molar-refractivity contribution >= 4 is 27.5 Å². The highest BCUT2D eigenvalue weighted by atomic mass is 32.2. The van der Waals surface area contributed by atoms with E-state index in [0.29, 0.717) is 16.8 Å². The molecule has 2 N–H and O–H groups in total. The van der Waals surface area contributed by atoms with Crippen molar-refractivity contribution in [1.82, 2.24) is 10.2 Å². The molecule has 35 heavy (non-hydrogen) atoms. The van der Waals surface area contributed by atoms with E-state index in [-0.39, 0.29) is 29.3 Å². The third kappa shape index (κ3) is 6.27. The first-order valence-corrected chi connectivity index (χ1v) is 12.8. The number of benzene rings is 3. The predicted molar refractivity (Wildman–Crippen MR) is 138 cm³/mol. The number of sulfonamides is 1. The van der Waals surface area contributed by atoms with E-state index in [1.807, 2.05) is 33.8 Å². The van der Waals surface area contributed by atoms with Crippen LogP contribution >= 0.6 is 0 Å². The SMILES string of the molecule is Cc1cccc(NS(=O)(=O)c2ccc(C(=O)NCc3ccc(C(=O)N(C)C(C)C)cc3)cc2)c1C. The Labute approximate surface area is 207 Å². The minimum Gasteiger partial charge on any atom is -0.348 e. The third-order valence-electron chi connectivity index (χ3n) is 6.02. The minimum atomic E-state index is -3.79. The molecular formula is C27H31N3O4S. The number of nitrogens with zero attached hydrogens (tertiary/aromatic N) is 1. The molecule has 0 spiro atoms. The van der Waals surface area contributed by atoms with Gasteiger partial charge in [0.05, 0.1) is 10.6 Å². The summed E-state index contributed by atoms with van der Waals surface area (Å²) in [5.41, 5.74) is 4.15. The first-order chi connectivity index (χ1) is 16.5. The quantitative estimate of drug-likeness (QED) is 0.482. The smallest absolute Gasteiger partial charge is 0.261 e. The lowest BCUT2D eigenvalue weighted by Gasteiger charge is -2.21.